The van der Waals surface area contributed by atoms with Crippen LogP contribution in [-0.4, -0.2) is 37.8 Å². The van der Waals surface area contributed by atoms with E-state index in [1.165, 1.54) is 12.5 Å². The van der Waals surface area contributed by atoms with E-state index in [9.17, 15) is 14.4 Å². The van der Waals surface area contributed by atoms with Crippen LogP contribution in [-0.2, 0) is 9.59 Å². The predicted octanol–water partition coefficient (Wildman–Crippen LogP) is 2.01. The lowest BCUT2D eigenvalue weighted by atomic mass is 10.1. The summed E-state index contributed by atoms with van der Waals surface area (Å²) in [4.78, 5) is 44.2. The SMILES string of the molecule is Cc1ccccc1N1CC(C(=O)Nn2cnc3c(cnn3-c3ccccc3)c2=O)CC1=O. The number of rotatable bonds is 4. The van der Waals surface area contributed by atoms with E-state index in [0.717, 1.165) is 21.6 Å². The summed E-state index contributed by atoms with van der Waals surface area (Å²) in [7, 11) is 0. The van der Waals surface area contributed by atoms with Gasteiger partial charge in [0.05, 0.1) is 17.8 Å². The molecule has 0 spiro atoms. The highest BCUT2D eigenvalue weighted by Crippen LogP contribution is 2.27. The highest BCUT2D eigenvalue weighted by Gasteiger charge is 2.36. The second-order valence-electron chi connectivity index (χ2n) is 7.72. The summed E-state index contributed by atoms with van der Waals surface area (Å²) >= 11 is 0. The molecule has 9 heteroatoms. The molecule has 2 amide bonds. The number of nitrogens with one attached hydrogen (secondary N) is 1. The summed E-state index contributed by atoms with van der Waals surface area (Å²) in [6.07, 6.45) is 2.77. The summed E-state index contributed by atoms with van der Waals surface area (Å²) in [6.45, 7) is 2.18. The van der Waals surface area contributed by atoms with Crippen molar-refractivity contribution in [1.82, 2.24) is 19.4 Å². The molecule has 1 aliphatic heterocycles. The fourth-order valence-corrected chi connectivity index (χ4v) is 3.94. The van der Waals surface area contributed by atoms with E-state index in [0.29, 0.717) is 5.65 Å². The van der Waals surface area contributed by atoms with Crippen molar-refractivity contribution in [3.05, 3.63) is 83.0 Å². The average Bonchev–Trinajstić information content (AvgIpc) is 3.41. The molecule has 1 saturated heterocycles. The Kier molecular flexibility index (Phi) is 4.78. The van der Waals surface area contributed by atoms with E-state index in [1.807, 2.05) is 61.5 Å². The molecule has 1 N–H and O–H groups in total. The molecular weight excluding hydrogens is 408 g/mol. The third-order valence-electron chi connectivity index (χ3n) is 5.62. The van der Waals surface area contributed by atoms with Crippen molar-refractivity contribution in [2.24, 2.45) is 5.92 Å². The second-order valence-corrected chi connectivity index (χ2v) is 7.72. The van der Waals surface area contributed by atoms with Gasteiger partial charge in [-0.1, -0.05) is 36.4 Å². The van der Waals surface area contributed by atoms with E-state index in [1.54, 1.807) is 9.58 Å². The zero-order valence-corrected chi connectivity index (χ0v) is 17.3. The van der Waals surface area contributed by atoms with Crippen molar-refractivity contribution in [3.63, 3.8) is 0 Å². The molecule has 3 heterocycles. The fourth-order valence-electron chi connectivity index (χ4n) is 3.94. The Morgan fingerprint density at radius 3 is 2.59 bits per heavy atom. The number of hydrogen-bond acceptors (Lipinski definition) is 5. The number of carbonyl (C=O) groups is 2. The zero-order valence-electron chi connectivity index (χ0n) is 17.3. The van der Waals surface area contributed by atoms with Crippen LogP contribution in [0, 0.1) is 12.8 Å². The second kappa shape index (κ2) is 7.77. The highest BCUT2D eigenvalue weighted by atomic mass is 16.2. The van der Waals surface area contributed by atoms with E-state index in [-0.39, 0.29) is 24.3 Å². The Morgan fingerprint density at radius 2 is 1.81 bits per heavy atom. The Labute approximate surface area is 182 Å². The Morgan fingerprint density at radius 1 is 1.06 bits per heavy atom. The first-order valence-electron chi connectivity index (χ1n) is 10.2. The van der Waals surface area contributed by atoms with Crippen LogP contribution in [0.4, 0.5) is 5.69 Å². The van der Waals surface area contributed by atoms with Gasteiger partial charge in [0.25, 0.3) is 5.56 Å². The largest absolute Gasteiger partial charge is 0.311 e. The smallest absolute Gasteiger partial charge is 0.283 e. The zero-order chi connectivity index (χ0) is 22.2. The lowest BCUT2D eigenvalue weighted by Gasteiger charge is -2.19. The van der Waals surface area contributed by atoms with Gasteiger partial charge < -0.3 is 4.90 Å². The molecule has 1 atom stereocenters. The van der Waals surface area contributed by atoms with Crippen LogP contribution in [0.2, 0.25) is 0 Å². The van der Waals surface area contributed by atoms with Crippen LogP contribution >= 0.6 is 0 Å². The van der Waals surface area contributed by atoms with E-state index in [2.05, 4.69) is 15.5 Å². The van der Waals surface area contributed by atoms with Crippen molar-refractivity contribution in [2.45, 2.75) is 13.3 Å². The maximum absolute atomic E-state index is 12.9. The highest BCUT2D eigenvalue weighted by molar-refractivity contribution is 6.02. The molecular formula is C23H20N6O3. The van der Waals surface area contributed by atoms with Crippen molar-refractivity contribution in [2.75, 3.05) is 16.9 Å². The van der Waals surface area contributed by atoms with Gasteiger partial charge in [0.1, 0.15) is 11.7 Å². The lowest BCUT2D eigenvalue weighted by Crippen LogP contribution is -2.37. The molecule has 0 bridgehead atoms. The number of aryl methyl sites for hydroxylation is 1. The third kappa shape index (κ3) is 3.33. The topological polar surface area (TPSA) is 102 Å². The van der Waals surface area contributed by atoms with Crippen LogP contribution in [0.25, 0.3) is 16.7 Å². The maximum atomic E-state index is 12.9. The number of anilines is 1. The molecule has 5 rings (SSSR count). The molecule has 1 aliphatic rings. The van der Waals surface area contributed by atoms with Crippen molar-refractivity contribution < 1.29 is 9.59 Å². The van der Waals surface area contributed by atoms with Gasteiger partial charge in [-0.05, 0) is 30.7 Å². The first-order valence-corrected chi connectivity index (χ1v) is 10.2. The summed E-state index contributed by atoms with van der Waals surface area (Å²) in [5, 5.41) is 4.54. The monoisotopic (exact) mass is 428 g/mol. The molecule has 1 unspecified atom stereocenters. The number of benzene rings is 2. The number of amides is 2. The first kappa shape index (κ1) is 19.7. The molecule has 2 aromatic heterocycles. The summed E-state index contributed by atoms with van der Waals surface area (Å²) < 4.78 is 2.61. The van der Waals surface area contributed by atoms with E-state index >= 15 is 0 Å². The molecule has 0 aliphatic carbocycles. The number of hydrogen-bond donors (Lipinski definition) is 1. The van der Waals surface area contributed by atoms with Gasteiger partial charge >= 0.3 is 0 Å². The van der Waals surface area contributed by atoms with Crippen molar-refractivity contribution in [3.8, 4) is 5.69 Å². The molecule has 9 nitrogen and oxygen atoms in total. The minimum Gasteiger partial charge on any atom is -0.311 e. The predicted molar refractivity (Wildman–Crippen MR) is 119 cm³/mol. The van der Waals surface area contributed by atoms with Crippen LogP contribution in [0.5, 0.6) is 0 Å². The van der Waals surface area contributed by atoms with Gasteiger partial charge in [0.2, 0.25) is 11.8 Å². The van der Waals surface area contributed by atoms with Gasteiger partial charge in [0.15, 0.2) is 5.65 Å². The van der Waals surface area contributed by atoms with E-state index < -0.39 is 17.4 Å². The van der Waals surface area contributed by atoms with Crippen LogP contribution in [0.1, 0.15) is 12.0 Å². The lowest BCUT2D eigenvalue weighted by molar-refractivity contribution is -0.123. The minimum atomic E-state index is -0.572. The van der Waals surface area contributed by atoms with Gasteiger partial charge in [-0.25, -0.2) is 14.3 Å². The standard InChI is InChI=1S/C23H20N6O3/c1-15-7-5-6-10-19(15)27-13-16(11-20(27)30)22(31)26-28-14-24-21-18(23(28)32)12-25-29(21)17-8-3-2-4-9-17/h2-10,12,14,16H,11,13H2,1H3,(H,26,31). The molecule has 160 valence electrons. The Bertz CT molecular complexity index is 1390. The van der Waals surface area contributed by atoms with Crippen molar-refractivity contribution in [1.29, 1.82) is 0 Å². The molecule has 0 saturated carbocycles. The van der Waals surface area contributed by atoms with Gasteiger partial charge in [-0.2, -0.15) is 5.10 Å². The number of para-hydroxylation sites is 2. The Hall–Kier alpha value is -4.27. The number of fused-ring (bicyclic) bond motifs is 1. The summed E-state index contributed by atoms with van der Waals surface area (Å²) in [6, 6.07) is 16.9. The van der Waals surface area contributed by atoms with Crippen LogP contribution < -0.4 is 15.9 Å². The van der Waals surface area contributed by atoms with Crippen molar-refractivity contribution >= 4 is 28.5 Å². The van der Waals surface area contributed by atoms with E-state index in [4.69, 9.17) is 0 Å². The van der Waals surface area contributed by atoms with Gasteiger partial charge in [-0.15, -0.1) is 0 Å². The normalized spacial score (nSPS) is 16.0. The summed E-state index contributed by atoms with van der Waals surface area (Å²) in [5.74, 6) is -1.10. The number of nitrogens with zero attached hydrogens (tertiary/aromatic N) is 5. The molecule has 1 fully saturated rings. The first-order chi connectivity index (χ1) is 15.5. The van der Waals surface area contributed by atoms with Crippen LogP contribution in [0.15, 0.2) is 71.9 Å². The fraction of sp³-hybridized carbons (Fsp3) is 0.174. The number of carbonyl (C=O) groups excluding carboxylic acids is 2. The van der Waals surface area contributed by atoms with Crippen LogP contribution in [0.3, 0.4) is 0 Å². The number of aromatic nitrogens is 4. The minimum absolute atomic E-state index is 0.0799. The molecule has 4 aromatic rings. The Balaban J connectivity index is 1.37. The quantitative estimate of drug-likeness (QED) is 0.536. The average molecular weight is 428 g/mol. The van der Waals surface area contributed by atoms with Gasteiger partial charge in [-0.3, -0.25) is 19.8 Å². The molecule has 32 heavy (non-hydrogen) atoms. The van der Waals surface area contributed by atoms with Gasteiger partial charge in [0, 0.05) is 18.7 Å². The maximum Gasteiger partial charge on any atom is 0.283 e. The third-order valence-corrected chi connectivity index (χ3v) is 5.62. The molecule has 2 aromatic carbocycles. The summed E-state index contributed by atoms with van der Waals surface area (Å²) in [5.41, 5.74) is 5.07. The molecule has 0 radical (unpaired) electrons.